The van der Waals surface area contributed by atoms with Gasteiger partial charge in [0.25, 0.3) is 11.8 Å². The largest absolute Gasteiger partial charge is 0.493 e. The van der Waals surface area contributed by atoms with Gasteiger partial charge in [0.2, 0.25) is 0 Å². The molecule has 7 heteroatoms. The van der Waals surface area contributed by atoms with Crippen LogP contribution >= 0.6 is 0 Å². The Balaban J connectivity index is 1.85. The zero-order chi connectivity index (χ0) is 18.9. The Kier molecular flexibility index (Phi) is 6.73. The Morgan fingerprint density at radius 1 is 1.08 bits per heavy atom. The first-order valence-electron chi connectivity index (χ1n) is 7.92. The van der Waals surface area contributed by atoms with Crippen LogP contribution in [0.3, 0.4) is 0 Å². The quantitative estimate of drug-likeness (QED) is 0.586. The molecule has 0 heterocycles. The minimum Gasteiger partial charge on any atom is -0.493 e. The molecule has 2 N–H and O–H groups in total. The van der Waals surface area contributed by atoms with Crippen molar-refractivity contribution in [2.45, 2.75) is 6.92 Å². The molecule has 136 valence electrons. The molecular weight excluding hydrogens is 334 g/mol. The topological polar surface area (TPSA) is 89.0 Å². The van der Waals surface area contributed by atoms with Crippen LogP contribution in [0.4, 0.5) is 0 Å². The summed E-state index contributed by atoms with van der Waals surface area (Å²) in [5.74, 6) is 0.427. The van der Waals surface area contributed by atoms with E-state index in [4.69, 9.17) is 9.47 Å². The Morgan fingerprint density at radius 3 is 2.54 bits per heavy atom. The molecule has 0 saturated carbocycles. The number of hydrogen-bond acceptors (Lipinski definition) is 5. The van der Waals surface area contributed by atoms with E-state index < -0.39 is 5.91 Å². The van der Waals surface area contributed by atoms with E-state index in [0.29, 0.717) is 17.1 Å². The zero-order valence-corrected chi connectivity index (χ0v) is 14.9. The van der Waals surface area contributed by atoms with Crippen molar-refractivity contribution in [1.82, 2.24) is 10.7 Å². The summed E-state index contributed by atoms with van der Waals surface area (Å²) in [5.41, 5.74) is 4.57. The molecular formula is C19H21N3O4. The summed E-state index contributed by atoms with van der Waals surface area (Å²) in [4.78, 5) is 23.7. The van der Waals surface area contributed by atoms with E-state index in [2.05, 4.69) is 15.8 Å². The van der Waals surface area contributed by atoms with Gasteiger partial charge in [-0.05, 0) is 42.8 Å². The van der Waals surface area contributed by atoms with Crippen LogP contribution in [0, 0.1) is 6.92 Å². The lowest BCUT2D eigenvalue weighted by Gasteiger charge is -2.07. The summed E-state index contributed by atoms with van der Waals surface area (Å²) in [6.07, 6.45) is 1.47. The van der Waals surface area contributed by atoms with Gasteiger partial charge in [0.15, 0.2) is 11.5 Å². The number of carbonyl (C=O) groups excluding carboxylic acids is 2. The van der Waals surface area contributed by atoms with Crippen LogP contribution in [-0.4, -0.2) is 38.8 Å². The van der Waals surface area contributed by atoms with Crippen molar-refractivity contribution in [1.29, 1.82) is 0 Å². The minimum atomic E-state index is -0.428. The Bertz CT molecular complexity index is 818. The number of amides is 2. The highest BCUT2D eigenvalue weighted by atomic mass is 16.5. The minimum absolute atomic E-state index is 0.171. The SMILES string of the molecule is COc1ccc(C=NNC(=O)CNC(=O)c2cccc(C)c2)cc1OC. The summed E-state index contributed by atoms with van der Waals surface area (Å²) in [6.45, 7) is 1.72. The molecule has 2 aromatic carbocycles. The molecule has 0 saturated heterocycles. The highest BCUT2D eigenvalue weighted by molar-refractivity contribution is 5.96. The number of ether oxygens (including phenoxy) is 2. The van der Waals surface area contributed by atoms with E-state index in [1.165, 1.54) is 13.3 Å². The maximum atomic E-state index is 12.0. The van der Waals surface area contributed by atoms with Gasteiger partial charge in [0, 0.05) is 5.56 Å². The fraction of sp³-hybridized carbons (Fsp3) is 0.211. The van der Waals surface area contributed by atoms with Crippen molar-refractivity contribution < 1.29 is 19.1 Å². The maximum absolute atomic E-state index is 12.0. The molecule has 7 nitrogen and oxygen atoms in total. The van der Waals surface area contributed by atoms with Gasteiger partial charge in [-0.3, -0.25) is 9.59 Å². The van der Waals surface area contributed by atoms with Crippen molar-refractivity contribution in [2.24, 2.45) is 5.10 Å². The molecule has 0 aliphatic heterocycles. The number of hydrogen-bond donors (Lipinski definition) is 2. The van der Waals surface area contributed by atoms with Crippen molar-refractivity contribution >= 4 is 18.0 Å². The normalized spacial score (nSPS) is 10.4. The third-order valence-electron chi connectivity index (χ3n) is 3.50. The first-order chi connectivity index (χ1) is 12.5. The van der Waals surface area contributed by atoms with Crippen LogP contribution < -0.4 is 20.2 Å². The maximum Gasteiger partial charge on any atom is 0.259 e. The highest BCUT2D eigenvalue weighted by Gasteiger charge is 2.07. The summed E-state index contributed by atoms with van der Waals surface area (Å²) in [5, 5.41) is 6.41. The molecule has 0 aliphatic carbocycles. The Labute approximate surface area is 152 Å². The van der Waals surface area contributed by atoms with E-state index in [1.54, 1.807) is 43.5 Å². The predicted molar refractivity (Wildman–Crippen MR) is 98.8 cm³/mol. The van der Waals surface area contributed by atoms with Gasteiger partial charge in [0.05, 0.1) is 27.0 Å². The van der Waals surface area contributed by atoms with Crippen molar-refractivity contribution in [3.63, 3.8) is 0 Å². The first kappa shape index (κ1) is 19.0. The second-order valence-electron chi connectivity index (χ2n) is 5.46. The van der Waals surface area contributed by atoms with Gasteiger partial charge in [-0.25, -0.2) is 5.43 Å². The second kappa shape index (κ2) is 9.22. The monoisotopic (exact) mass is 355 g/mol. The molecule has 0 aromatic heterocycles. The standard InChI is InChI=1S/C19H21N3O4/c1-13-5-4-6-15(9-13)19(24)20-12-18(23)22-21-11-14-7-8-16(25-2)17(10-14)26-3/h4-11H,12H2,1-3H3,(H,20,24)(H,22,23). The molecule has 26 heavy (non-hydrogen) atoms. The first-order valence-corrected chi connectivity index (χ1v) is 7.92. The van der Waals surface area contributed by atoms with E-state index in [9.17, 15) is 9.59 Å². The van der Waals surface area contributed by atoms with Crippen molar-refractivity contribution in [3.05, 3.63) is 59.2 Å². The van der Waals surface area contributed by atoms with E-state index in [0.717, 1.165) is 11.1 Å². The van der Waals surface area contributed by atoms with Gasteiger partial charge in [-0.15, -0.1) is 0 Å². The number of aryl methyl sites for hydroxylation is 1. The van der Waals surface area contributed by atoms with Gasteiger partial charge >= 0.3 is 0 Å². The van der Waals surface area contributed by atoms with E-state index in [-0.39, 0.29) is 12.5 Å². The molecule has 2 amide bonds. The number of nitrogens with zero attached hydrogens (tertiary/aromatic N) is 1. The number of hydrazone groups is 1. The van der Waals surface area contributed by atoms with Gasteiger partial charge in [-0.1, -0.05) is 17.7 Å². The van der Waals surface area contributed by atoms with E-state index >= 15 is 0 Å². The summed E-state index contributed by atoms with van der Waals surface area (Å²) < 4.78 is 10.4. The zero-order valence-electron chi connectivity index (χ0n) is 14.9. The molecule has 0 spiro atoms. The van der Waals surface area contributed by atoms with Crippen molar-refractivity contribution in [3.8, 4) is 11.5 Å². The van der Waals surface area contributed by atoms with Crippen LogP contribution in [0.15, 0.2) is 47.6 Å². The lowest BCUT2D eigenvalue weighted by atomic mass is 10.1. The molecule has 2 aromatic rings. The number of carbonyl (C=O) groups is 2. The summed E-state index contributed by atoms with van der Waals surface area (Å²) in [6, 6.07) is 12.4. The molecule has 0 aliphatic rings. The lowest BCUT2D eigenvalue weighted by Crippen LogP contribution is -2.34. The molecule has 0 atom stereocenters. The number of benzene rings is 2. The average molecular weight is 355 g/mol. The van der Waals surface area contributed by atoms with Crippen LogP contribution in [-0.2, 0) is 4.79 Å². The van der Waals surface area contributed by atoms with Crippen LogP contribution in [0.1, 0.15) is 21.5 Å². The van der Waals surface area contributed by atoms with Gasteiger partial charge < -0.3 is 14.8 Å². The molecule has 0 bridgehead atoms. The Morgan fingerprint density at radius 2 is 1.85 bits per heavy atom. The summed E-state index contributed by atoms with van der Waals surface area (Å²) in [7, 11) is 3.09. The second-order valence-corrected chi connectivity index (χ2v) is 5.46. The van der Waals surface area contributed by atoms with Crippen LogP contribution in [0.5, 0.6) is 11.5 Å². The smallest absolute Gasteiger partial charge is 0.259 e. The predicted octanol–water partition coefficient (Wildman–Crippen LogP) is 1.89. The Hall–Kier alpha value is -3.35. The lowest BCUT2D eigenvalue weighted by molar-refractivity contribution is -0.120. The van der Waals surface area contributed by atoms with Gasteiger partial charge in [-0.2, -0.15) is 5.10 Å². The molecule has 0 unspecified atom stereocenters. The van der Waals surface area contributed by atoms with Crippen molar-refractivity contribution in [2.75, 3.05) is 20.8 Å². The third-order valence-corrected chi connectivity index (χ3v) is 3.50. The molecule has 2 rings (SSSR count). The van der Waals surface area contributed by atoms with Crippen LogP contribution in [0.2, 0.25) is 0 Å². The van der Waals surface area contributed by atoms with Crippen LogP contribution in [0.25, 0.3) is 0 Å². The molecule has 0 fully saturated rings. The van der Waals surface area contributed by atoms with E-state index in [1.807, 2.05) is 13.0 Å². The molecule has 0 radical (unpaired) electrons. The average Bonchev–Trinajstić information content (AvgIpc) is 2.65. The van der Waals surface area contributed by atoms with Gasteiger partial charge in [0.1, 0.15) is 0 Å². The highest BCUT2D eigenvalue weighted by Crippen LogP contribution is 2.26. The third kappa shape index (κ3) is 5.34. The number of methoxy groups -OCH3 is 2. The fourth-order valence-electron chi connectivity index (χ4n) is 2.20. The summed E-state index contributed by atoms with van der Waals surface area (Å²) >= 11 is 0. The fourth-order valence-corrected chi connectivity index (χ4v) is 2.20. The number of rotatable bonds is 7. The number of nitrogens with one attached hydrogen (secondary N) is 2.